The van der Waals surface area contributed by atoms with Gasteiger partial charge in [0.15, 0.2) is 8.32 Å². The van der Waals surface area contributed by atoms with Crippen LogP contribution in [0.2, 0.25) is 19.6 Å². The molecule has 1 aromatic rings. The Kier molecular flexibility index (Phi) is 2.84. The van der Waals surface area contributed by atoms with Crippen molar-refractivity contribution in [1.29, 1.82) is 5.26 Å². The highest BCUT2D eigenvalue weighted by atomic mass is 28.4. The molecule has 0 saturated carbocycles. The molecule has 0 fully saturated rings. The summed E-state index contributed by atoms with van der Waals surface area (Å²) in [5.41, 5.74) is 0.207. The van der Waals surface area contributed by atoms with Gasteiger partial charge in [0, 0.05) is 12.0 Å². The van der Waals surface area contributed by atoms with Crippen LogP contribution < -0.4 is 0 Å². The Hall–Kier alpha value is -1.18. The molecule has 0 radical (unpaired) electrons. The lowest BCUT2D eigenvalue weighted by atomic mass is 9.97. The molecule has 0 spiro atoms. The minimum atomic E-state index is -1.99. The van der Waals surface area contributed by atoms with Crippen LogP contribution in [0.3, 0.4) is 0 Å². The molecule has 0 heterocycles. The van der Waals surface area contributed by atoms with Gasteiger partial charge in [0.1, 0.15) is 12.2 Å². The summed E-state index contributed by atoms with van der Waals surface area (Å²) in [6, 6.07) is 9.45. The molecule has 2 rings (SSSR count). The van der Waals surface area contributed by atoms with Crippen molar-refractivity contribution in [3.63, 3.8) is 0 Å². The van der Waals surface area contributed by atoms with Gasteiger partial charge in [-0.05, 0) is 25.2 Å². The van der Waals surface area contributed by atoms with E-state index in [1.54, 1.807) is 6.07 Å². The Balaban J connectivity index is 2.51. The minimum absolute atomic E-state index is 0.272. The minimum Gasteiger partial charge on any atom is -0.394 e. The summed E-state index contributed by atoms with van der Waals surface area (Å²) in [6.45, 7) is 5.92. The monoisotopic (exact) mass is 249 g/mol. The van der Waals surface area contributed by atoms with Crippen molar-refractivity contribution in [2.75, 3.05) is 0 Å². The summed E-state index contributed by atoms with van der Waals surface area (Å²) >= 11 is 0. The van der Waals surface area contributed by atoms with Gasteiger partial charge in [-0.3, -0.25) is 0 Å². The van der Waals surface area contributed by atoms with Crippen molar-refractivity contribution in [3.05, 3.63) is 35.4 Å². The van der Waals surface area contributed by atoms with Gasteiger partial charge >= 0.3 is 0 Å². The average molecular weight is 249 g/mol. The SMILES string of the molecule is C[Si](C)(C)O[C@]1(C#N)c2ccccc2C[C@H]1F. The first-order valence-corrected chi connectivity index (χ1v) is 9.14. The van der Waals surface area contributed by atoms with E-state index in [0.29, 0.717) is 5.56 Å². The summed E-state index contributed by atoms with van der Waals surface area (Å²) in [4.78, 5) is 0. The van der Waals surface area contributed by atoms with Gasteiger partial charge in [0.2, 0.25) is 5.60 Å². The molecule has 0 aliphatic heterocycles. The van der Waals surface area contributed by atoms with E-state index in [4.69, 9.17) is 4.43 Å². The molecule has 0 unspecified atom stereocenters. The smallest absolute Gasteiger partial charge is 0.202 e. The molecule has 0 saturated heterocycles. The number of nitrogens with zero attached hydrogens (tertiary/aromatic N) is 1. The van der Waals surface area contributed by atoms with Crippen LogP contribution in [0.1, 0.15) is 11.1 Å². The molecule has 1 aliphatic rings. The van der Waals surface area contributed by atoms with Gasteiger partial charge < -0.3 is 4.43 Å². The van der Waals surface area contributed by atoms with E-state index in [0.717, 1.165) is 5.56 Å². The van der Waals surface area contributed by atoms with Crippen LogP contribution >= 0.6 is 0 Å². The number of hydrogen-bond donors (Lipinski definition) is 0. The fourth-order valence-corrected chi connectivity index (χ4v) is 3.57. The molecule has 2 atom stereocenters. The first-order valence-electron chi connectivity index (χ1n) is 5.73. The topological polar surface area (TPSA) is 33.0 Å². The lowest BCUT2D eigenvalue weighted by molar-refractivity contribution is 0.0413. The van der Waals surface area contributed by atoms with Gasteiger partial charge in [-0.1, -0.05) is 24.3 Å². The quantitative estimate of drug-likeness (QED) is 0.754. The molecule has 17 heavy (non-hydrogen) atoms. The van der Waals surface area contributed by atoms with Gasteiger partial charge in [0.05, 0.1) is 0 Å². The Labute approximate surface area is 102 Å². The van der Waals surface area contributed by atoms with Crippen molar-refractivity contribution in [1.82, 2.24) is 0 Å². The van der Waals surface area contributed by atoms with E-state index in [1.807, 2.05) is 37.8 Å². The maximum Gasteiger partial charge on any atom is 0.202 e. The van der Waals surface area contributed by atoms with Gasteiger partial charge in [0.25, 0.3) is 0 Å². The first kappa shape index (κ1) is 12.3. The second-order valence-corrected chi connectivity index (χ2v) is 9.82. The highest BCUT2D eigenvalue weighted by Crippen LogP contribution is 2.43. The van der Waals surface area contributed by atoms with Gasteiger partial charge in [-0.15, -0.1) is 0 Å². The third kappa shape index (κ3) is 2.01. The summed E-state index contributed by atoms with van der Waals surface area (Å²) in [7, 11) is -1.99. The van der Waals surface area contributed by atoms with E-state index in [-0.39, 0.29) is 6.42 Å². The van der Waals surface area contributed by atoms with Crippen LogP contribution in [-0.4, -0.2) is 14.5 Å². The standard InChI is InChI=1S/C13H16FNOSi/c1-17(2,3)16-13(9-15)11-7-5-4-6-10(11)8-12(13)14/h4-7,12H,8H2,1-3H3/t12-,13-/m1/s1. The molecule has 0 N–H and O–H groups in total. The molecule has 0 amide bonds. The first-order chi connectivity index (χ1) is 7.89. The van der Waals surface area contributed by atoms with E-state index in [2.05, 4.69) is 6.07 Å². The number of hydrogen-bond acceptors (Lipinski definition) is 2. The zero-order chi connectivity index (χ0) is 12.7. The van der Waals surface area contributed by atoms with E-state index in [9.17, 15) is 9.65 Å². The summed E-state index contributed by atoms with van der Waals surface area (Å²) < 4.78 is 20.1. The second kappa shape index (κ2) is 3.93. The van der Waals surface area contributed by atoms with Crippen LogP contribution in [0.4, 0.5) is 4.39 Å². The zero-order valence-corrected chi connectivity index (χ0v) is 11.3. The molecule has 1 aliphatic carbocycles. The van der Waals surface area contributed by atoms with Crippen LogP contribution in [0, 0.1) is 11.3 Å². The summed E-state index contributed by atoms with van der Waals surface area (Å²) in [6.07, 6.45) is -0.995. The highest BCUT2D eigenvalue weighted by molar-refractivity contribution is 6.69. The number of nitriles is 1. The van der Waals surface area contributed by atoms with Crippen molar-refractivity contribution >= 4 is 8.32 Å². The van der Waals surface area contributed by atoms with Crippen LogP contribution in [0.15, 0.2) is 24.3 Å². The van der Waals surface area contributed by atoms with Gasteiger partial charge in [-0.2, -0.15) is 5.26 Å². The molecule has 4 heteroatoms. The van der Waals surface area contributed by atoms with E-state index < -0.39 is 20.1 Å². The molecular weight excluding hydrogens is 233 g/mol. The van der Waals surface area contributed by atoms with E-state index in [1.165, 1.54) is 0 Å². The molecule has 2 nitrogen and oxygen atoms in total. The Morgan fingerprint density at radius 2 is 2.06 bits per heavy atom. The predicted molar refractivity (Wildman–Crippen MR) is 66.8 cm³/mol. The Morgan fingerprint density at radius 3 is 2.65 bits per heavy atom. The molecule has 0 bridgehead atoms. The maximum atomic E-state index is 14.2. The third-order valence-corrected chi connectivity index (χ3v) is 3.83. The number of alkyl halides is 1. The zero-order valence-electron chi connectivity index (χ0n) is 10.3. The largest absolute Gasteiger partial charge is 0.394 e. The van der Waals surface area contributed by atoms with Crippen molar-refractivity contribution < 1.29 is 8.82 Å². The third-order valence-electron chi connectivity index (χ3n) is 2.89. The van der Waals surface area contributed by atoms with Crippen LogP contribution in [0.5, 0.6) is 0 Å². The number of benzene rings is 1. The van der Waals surface area contributed by atoms with Crippen molar-refractivity contribution in [2.24, 2.45) is 0 Å². The fraction of sp³-hybridized carbons (Fsp3) is 0.462. The predicted octanol–water partition coefficient (Wildman–Crippen LogP) is 3.15. The Bertz CT molecular complexity index is 477. The molecule has 90 valence electrons. The lowest BCUT2D eigenvalue weighted by Gasteiger charge is -2.32. The highest BCUT2D eigenvalue weighted by Gasteiger charge is 2.51. The second-order valence-electron chi connectivity index (χ2n) is 5.39. The summed E-state index contributed by atoms with van der Waals surface area (Å²) in [5, 5.41) is 9.40. The molecule has 0 aromatic heterocycles. The maximum absolute atomic E-state index is 14.2. The lowest BCUT2D eigenvalue weighted by Crippen LogP contribution is -2.43. The molecular formula is C13H16FNOSi. The number of rotatable bonds is 2. The summed E-state index contributed by atoms with van der Waals surface area (Å²) in [5.74, 6) is 0. The van der Waals surface area contributed by atoms with Crippen LogP contribution in [0.25, 0.3) is 0 Å². The normalized spacial score (nSPS) is 27.6. The Morgan fingerprint density at radius 1 is 1.41 bits per heavy atom. The molecule has 1 aromatic carbocycles. The average Bonchev–Trinajstić information content (AvgIpc) is 2.51. The van der Waals surface area contributed by atoms with Crippen molar-refractivity contribution in [2.45, 2.75) is 37.8 Å². The van der Waals surface area contributed by atoms with E-state index >= 15 is 0 Å². The van der Waals surface area contributed by atoms with Gasteiger partial charge in [-0.25, -0.2) is 4.39 Å². The fourth-order valence-electron chi connectivity index (χ4n) is 2.32. The van der Waals surface area contributed by atoms with Crippen molar-refractivity contribution in [3.8, 4) is 6.07 Å². The number of halogens is 1. The van der Waals surface area contributed by atoms with Crippen LogP contribution in [-0.2, 0) is 16.4 Å². The number of fused-ring (bicyclic) bond motifs is 1.